The summed E-state index contributed by atoms with van der Waals surface area (Å²) >= 11 is 0. The van der Waals surface area contributed by atoms with Crippen LogP contribution in [0.2, 0.25) is 0 Å². The second kappa shape index (κ2) is 10.4. The Labute approximate surface area is 232 Å². The van der Waals surface area contributed by atoms with Gasteiger partial charge in [0.1, 0.15) is 17.4 Å². The lowest BCUT2D eigenvalue weighted by molar-refractivity contribution is 0.194. The van der Waals surface area contributed by atoms with Gasteiger partial charge in [0, 0.05) is 11.8 Å². The summed E-state index contributed by atoms with van der Waals surface area (Å²) in [7, 11) is 1.58. The van der Waals surface area contributed by atoms with Gasteiger partial charge in [-0.25, -0.2) is 13.9 Å². The average molecular weight is 536 g/mol. The molecule has 0 aliphatic carbocycles. The van der Waals surface area contributed by atoms with Crippen molar-refractivity contribution >= 4 is 11.7 Å². The van der Waals surface area contributed by atoms with Gasteiger partial charge in [-0.1, -0.05) is 43.3 Å². The number of carbonyl (C=O) groups is 1. The number of nitrogens with one attached hydrogen (secondary N) is 1. The third-order valence-electron chi connectivity index (χ3n) is 7.35. The number of aromatic nitrogens is 3. The molecule has 5 aromatic rings. The van der Waals surface area contributed by atoms with E-state index in [2.05, 4.69) is 16.8 Å². The highest BCUT2D eigenvalue weighted by Crippen LogP contribution is 2.39. The van der Waals surface area contributed by atoms with Crippen molar-refractivity contribution in [3.8, 4) is 17.3 Å². The number of hydrogen-bond donors (Lipinski definition) is 1. The molecule has 1 aliphatic rings. The topological polar surface area (TPSA) is 64.3 Å². The zero-order chi connectivity index (χ0) is 27.8. The lowest BCUT2D eigenvalue weighted by atomic mass is 10.0. The molecular weight excluding hydrogens is 505 g/mol. The Balaban J connectivity index is 1.55. The van der Waals surface area contributed by atoms with Crippen LogP contribution in [0.1, 0.15) is 41.0 Å². The van der Waals surface area contributed by atoms with E-state index in [0.717, 1.165) is 39.6 Å². The Bertz CT molecular complexity index is 1670. The molecule has 0 spiro atoms. The number of carbonyl (C=O) groups excluding carboxylic acids is 1. The molecule has 40 heavy (non-hydrogen) atoms. The standard InChI is InChI=1S/C32H30FN5O2/c1-4-26-25-20-37(32(39)34-27-19-21(2)12-17-29(27)40-3)30(22-13-15-23(33)16-14-22)28-11-8-18-36(28)31(25)38(35-26)24-9-6-5-7-10-24/h5-19,30H,4,20H2,1-3H3,(H,34,39). The summed E-state index contributed by atoms with van der Waals surface area (Å²) in [6.45, 7) is 4.33. The number of ether oxygens (including phenoxy) is 1. The molecule has 1 N–H and O–H groups in total. The molecule has 0 fully saturated rings. The molecule has 0 saturated carbocycles. The Morgan fingerprint density at radius 2 is 1.82 bits per heavy atom. The molecule has 6 rings (SSSR count). The van der Waals surface area contributed by atoms with E-state index in [1.165, 1.54) is 12.1 Å². The zero-order valence-electron chi connectivity index (χ0n) is 22.6. The SMILES string of the molecule is CCc1nn(-c2ccccc2)c2c1CN(C(=O)Nc1cc(C)ccc1OC)C(c1ccc(F)cc1)c1cccn1-2. The van der Waals surface area contributed by atoms with Crippen LogP contribution in [-0.4, -0.2) is 32.4 Å². The monoisotopic (exact) mass is 535 g/mol. The number of anilines is 1. The van der Waals surface area contributed by atoms with Crippen LogP contribution in [0.25, 0.3) is 11.5 Å². The number of benzene rings is 3. The molecule has 7 nitrogen and oxygen atoms in total. The zero-order valence-corrected chi connectivity index (χ0v) is 22.6. The first-order valence-corrected chi connectivity index (χ1v) is 13.3. The first-order chi connectivity index (χ1) is 19.5. The van der Waals surface area contributed by atoms with Gasteiger partial charge >= 0.3 is 6.03 Å². The minimum atomic E-state index is -0.493. The highest BCUT2D eigenvalue weighted by Gasteiger charge is 2.36. The fourth-order valence-corrected chi connectivity index (χ4v) is 5.45. The number of nitrogens with zero attached hydrogens (tertiary/aromatic N) is 4. The molecule has 3 aromatic carbocycles. The second-order valence-corrected chi connectivity index (χ2v) is 9.87. The van der Waals surface area contributed by atoms with Gasteiger partial charge in [-0.15, -0.1) is 0 Å². The van der Waals surface area contributed by atoms with Crippen LogP contribution in [0, 0.1) is 12.7 Å². The maximum atomic E-state index is 14.2. The molecule has 0 radical (unpaired) electrons. The number of hydrogen-bond acceptors (Lipinski definition) is 3. The van der Waals surface area contributed by atoms with E-state index < -0.39 is 6.04 Å². The minimum absolute atomic E-state index is 0.298. The van der Waals surface area contributed by atoms with Crippen LogP contribution < -0.4 is 10.1 Å². The van der Waals surface area contributed by atoms with Gasteiger partial charge in [0.2, 0.25) is 0 Å². The number of aryl methyl sites for hydroxylation is 2. The number of para-hydroxylation sites is 1. The molecule has 1 aliphatic heterocycles. The Morgan fingerprint density at radius 1 is 1.05 bits per heavy atom. The average Bonchev–Trinajstić information content (AvgIpc) is 3.55. The number of methoxy groups -OCH3 is 1. The first-order valence-electron chi connectivity index (χ1n) is 13.3. The minimum Gasteiger partial charge on any atom is -0.495 e. The summed E-state index contributed by atoms with van der Waals surface area (Å²) in [6.07, 6.45) is 2.69. The molecule has 2 amide bonds. The Morgan fingerprint density at radius 3 is 2.55 bits per heavy atom. The molecule has 8 heteroatoms. The van der Waals surface area contributed by atoms with Crippen molar-refractivity contribution in [1.29, 1.82) is 0 Å². The molecule has 1 atom stereocenters. The summed E-state index contributed by atoms with van der Waals surface area (Å²) in [4.78, 5) is 16.0. The van der Waals surface area contributed by atoms with Crippen molar-refractivity contribution in [3.63, 3.8) is 0 Å². The van der Waals surface area contributed by atoms with Crippen LogP contribution in [0.3, 0.4) is 0 Å². The Kier molecular flexibility index (Phi) is 6.59. The van der Waals surface area contributed by atoms with Gasteiger partial charge in [-0.05, 0) is 73.0 Å². The maximum absolute atomic E-state index is 14.2. The number of rotatable bonds is 5. The van der Waals surface area contributed by atoms with Gasteiger partial charge in [-0.3, -0.25) is 0 Å². The largest absolute Gasteiger partial charge is 0.495 e. The quantitative estimate of drug-likeness (QED) is 0.269. The van der Waals surface area contributed by atoms with Gasteiger partial charge in [0.25, 0.3) is 0 Å². The second-order valence-electron chi connectivity index (χ2n) is 9.87. The van der Waals surface area contributed by atoms with Gasteiger partial charge in [0.05, 0.1) is 42.5 Å². The van der Waals surface area contributed by atoms with Crippen molar-refractivity contribution in [2.45, 2.75) is 32.9 Å². The lowest BCUT2D eigenvalue weighted by Crippen LogP contribution is -2.38. The molecule has 3 heterocycles. The van der Waals surface area contributed by atoms with Crippen LogP contribution in [-0.2, 0) is 13.0 Å². The first kappa shape index (κ1) is 25.4. The summed E-state index contributed by atoms with van der Waals surface area (Å²) in [5.74, 6) is 1.13. The van der Waals surface area contributed by atoms with E-state index in [9.17, 15) is 9.18 Å². The fraction of sp³-hybridized carbons (Fsp3) is 0.188. The fourth-order valence-electron chi connectivity index (χ4n) is 5.45. The van der Waals surface area contributed by atoms with Crippen molar-refractivity contribution in [2.24, 2.45) is 0 Å². The molecule has 2 aromatic heterocycles. The third-order valence-corrected chi connectivity index (χ3v) is 7.35. The van der Waals surface area contributed by atoms with Crippen LogP contribution in [0.15, 0.2) is 91.1 Å². The van der Waals surface area contributed by atoms with Crippen LogP contribution in [0.4, 0.5) is 14.9 Å². The van der Waals surface area contributed by atoms with E-state index in [1.807, 2.05) is 78.5 Å². The summed E-state index contributed by atoms with van der Waals surface area (Å²) in [5.41, 5.74) is 6.05. The summed E-state index contributed by atoms with van der Waals surface area (Å²) < 4.78 is 23.6. The highest BCUT2D eigenvalue weighted by atomic mass is 19.1. The van der Waals surface area contributed by atoms with Crippen LogP contribution in [0.5, 0.6) is 5.75 Å². The van der Waals surface area contributed by atoms with E-state index in [0.29, 0.717) is 24.4 Å². The summed E-state index contributed by atoms with van der Waals surface area (Å²) in [6, 6.07) is 25.2. The van der Waals surface area contributed by atoms with Crippen molar-refractivity contribution < 1.29 is 13.9 Å². The lowest BCUT2D eigenvalue weighted by Gasteiger charge is -2.31. The van der Waals surface area contributed by atoms with E-state index in [4.69, 9.17) is 9.84 Å². The highest BCUT2D eigenvalue weighted by molar-refractivity contribution is 5.92. The maximum Gasteiger partial charge on any atom is 0.323 e. The number of halogens is 1. The van der Waals surface area contributed by atoms with Crippen molar-refractivity contribution in [3.05, 3.63) is 125 Å². The van der Waals surface area contributed by atoms with E-state index >= 15 is 0 Å². The predicted molar refractivity (Wildman–Crippen MR) is 153 cm³/mol. The van der Waals surface area contributed by atoms with E-state index in [-0.39, 0.29) is 11.8 Å². The normalized spacial score (nSPS) is 14.3. The molecule has 202 valence electrons. The predicted octanol–water partition coefficient (Wildman–Crippen LogP) is 6.82. The van der Waals surface area contributed by atoms with Crippen LogP contribution >= 0.6 is 0 Å². The summed E-state index contributed by atoms with van der Waals surface area (Å²) in [5, 5.41) is 8.09. The van der Waals surface area contributed by atoms with E-state index in [1.54, 1.807) is 24.1 Å². The van der Waals surface area contributed by atoms with Gasteiger partial charge < -0.3 is 19.5 Å². The Hall–Kier alpha value is -4.85. The molecule has 0 saturated heterocycles. The molecular formula is C32H30FN5O2. The number of fused-ring (bicyclic) bond motifs is 3. The number of amides is 2. The third kappa shape index (κ3) is 4.41. The number of urea groups is 1. The van der Waals surface area contributed by atoms with Crippen molar-refractivity contribution in [2.75, 3.05) is 12.4 Å². The van der Waals surface area contributed by atoms with Gasteiger partial charge in [-0.2, -0.15) is 5.10 Å². The van der Waals surface area contributed by atoms with Gasteiger partial charge in [0.15, 0.2) is 0 Å². The molecule has 0 bridgehead atoms. The smallest absolute Gasteiger partial charge is 0.323 e. The van der Waals surface area contributed by atoms with Crippen molar-refractivity contribution in [1.82, 2.24) is 19.2 Å². The molecule has 1 unspecified atom stereocenters.